The number of anilines is 1. The van der Waals surface area contributed by atoms with E-state index in [1.807, 2.05) is 0 Å². The van der Waals surface area contributed by atoms with Gasteiger partial charge in [0.2, 0.25) is 0 Å². The van der Waals surface area contributed by atoms with Gasteiger partial charge < -0.3 is 20.7 Å². The number of aromatic nitrogens is 2. The van der Waals surface area contributed by atoms with Crippen LogP contribution in [0.1, 0.15) is 18.2 Å². The lowest BCUT2D eigenvalue weighted by atomic mass is 10.1. The molecule has 108 valence electrons. The third kappa shape index (κ3) is 2.21. The van der Waals surface area contributed by atoms with Gasteiger partial charge >= 0.3 is 5.69 Å². The molecule has 2 rings (SSSR count). The number of hydrogen-bond donors (Lipinski definition) is 3. The number of nitrogens with two attached hydrogens (primary N) is 1. The zero-order chi connectivity index (χ0) is 14.9. The van der Waals surface area contributed by atoms with Gasteiger partial charge in [0.1, 0.15) is 12.0 Å². The molecule has 0 unspecified atom stereocenters. The van der Waals surface area contributed by atoms with Crippen molar-refractivity contribution in [2.45, 2.75) is 31.4 Å². The summed E-state index contributed by atoms with van der Waals surface area (Å²) >= 11 is 0. The predicted molar refractivity (Wildman–Crippen MR) is 67.4 cm³/mol. The van der Waals surface area contributed by atoms with E-state index in [-0.39, 0.29) is 12.2 Å². The molecule has 2 heterocycles. The summed E-state index contributed by atoms with van der Waals surface area (Å²) in [5.74, 6) is 0.105. The summed E-state index contributed by atoms with van der Waals surface area (Å²) in [6.07, 6.45) is -0.726. The van der Waals surface area contributed by atoms with Crippen molar-refractivity contribution < 1.29 is 14.9 Å². The van der Waals surface area contributed by atoms with Crippen LogP contribution < -0.4 is 11.4 Å². The Morgan fingerprint density at radius 3 is 3.10 bits per heavy atom. The van der Waals surface area contributed by atoms with Gasteiger partial charge in [0.25, 0.3) is 0 Å². The van der Waals surface area contributed by atoms with Gasteiger partial charge in [-0.15, -0.1) is 0 Å². The van der Waals surface area contributed by atoms with E-state index in [4.69, 9.17) is 16.0 Å². The molecule has 1 aromatic rings. The van der Waals surface area contributed by atoms with Crippen LogP contribution in [0.5, 0.6) is 0 Å². The van der Waals surface area contributed by atoms with Crippen LogP contribution in [0, 0.1) is 6.92 Å². The number of nitrogen functional groups attached to an aromatic ring is 1. The van der Waals surface area contributed by atoms with Crippen molar-refractivity contribution in [3.05, 3.63) is 32.7 Å². The maximum absolute atomic E-state index is 11.8. The molecule has 4 N–H and O–H groups in total. The van der Waals surface area contributed by atoms with E-state index < -0.39 is 30.4 Å². The van der Waals surface area contributed by atoms with Gasteiger partial charge in [-0.25, -0.2) is 4.79 Å². The van der Waals surface area contributed by atoms with E-state index in [1.54, 1.807) is 6.92 Å². The highest BCUT2D eigenvalue weighted by molar-refractivity contribution is 5.35. The molecule has 0 aromatic carbocycles. The van der Waals surface area contributed by atoms with Crippen molar-refractivity contribution in [2.24, 2.45) is 5.11 Å². The molecule has 0 bridgehead atoms. The first-order valence-corrected chi connectivity index (χ1v) is 5.82. The van der Waals surface area contributed by atoms with Gasteiger partial charge in [-0.3, -0.25) is 4.57 Å². The number of aliphatic hydroxyl groups is 2. The third-order valence-corrected chi connectivity index (χ3v) is 3.21. The fourth-order valence-corrected chi connectivity index (χ4v) is 2.03. The van der Waals surface area contributed by atoms with Gasteiger partial charge in [-0.2, -0.15) is 4.98 Å². The van der Waals surface area contributed by atoms with E-state index in [0.717, 1.165) is 4.57 Å². The third-order valence-electron chi connectivity index (χ3n) is 3.21. The molecule has 10 nitrogen and oxygen atoms in total. The highest BCUT2D eigenvalue weighted by atomic mass is 16.6. The zero-order valence-electron chi connectivity index (χ0n) is 10.7. The summed E-state index contributed by atoms with van der Waals surface area (Å²) in [5, 5.41) is 22.5. The smallest absolute Gasteiger partial charge is 0.351 e. The van der Waals surface area contributed by atoms with Crippen LogP contribution in [0.25, 0.3) is 10.4 Å². The molecule has 1 saturated heterocycles. The standard InChI is InChI=1S/C10H14N6O4/c1-5-3-16(9(19)13-8(5)11)7-2-6(18)10(4-17,20-7)14-15-12/h3,6-7,17-18H,2,4H2,1H3,(H2,11,13,19)/t6-,7+,10+/m0/s1. The van der Waals surface area contributed by atoms with E-state index in [9.17, 15) is 15.0 Å². The topological polar surface area (TPSA) is 159 Å². The Morgan fingerprint density at radius 1 is 1.80 bits per heavy atom. The minimum atomic E-state index is -1.80. The minimum Gasteiger partial charge on any atom is -0.393 e. The average Bonchev–Trinajstić information content (AvgIpc) is 2.72. The van der Waals surface area contributed by atoms with Crippen LogP contribution in [0.4, 0.5) is 5.82 Å². The second-order valence-electron chi connectivity index (χ2n) is 4.52. The van der Waals surface area contributed by atoms with Gasteiger partial charge in [-0.1, -0.05) is 5.11 Å². The molecule has 0 radical (unpaired) electrons. The van der Waals surface area contributed by atoms with Gasteiger partial charge in [-0.05, 0) is 12.5 Å². The Hall–Kier alpha value is -2.13. The second kappa shape index (κ2) is 5.10. The lowest BCUT2D eigenvalue weighted by Crippen LogP contribution is -2.40. The lowest BCUT2D eigenvalue weighted by Gasteiger charge is -2.24. The summed E-state index contributed by atoms with van der Waals surface area (Å²) in [6, 6.07) is 0. The summed E-state index contributed by atoms with van der Waals surface area (Å²) in [7, 11) is 0. The molecule has 3 atom stereocenters. The number of hydrogen-bond acceptors (Lipinski definition) is 7. The average molecular weight is 282 g/mol. The molecule has 1 aliphatic rings. The Kier molecular flexibility index (Phi) is 3.64. The second-order valence-corrected chi connectivity index (χ2v) is 4.52. The molecular weight excluding hydrogens is 268 g/mol. The molecule has 10 heteroatoms. The maximum atomic E-state index is 11.8. The van der Waals surface area contributed by atoms with Gasteiger partial charge in [0, 0.05) is 23.1 Å². The number of rotatable bonds is 3. The largest absolute Gasteiger partial charge is 0.393 e. The highest BCUT2D eigenvalue weighted by Gasteiger charge is 2.48. The zero-order valence-corrected chi connectivity index (χ0v) is 10.7. The Bertz CT molecular complexity index is 625. The molecule has 0 amide bonds. The van der Waals surface area contributed by atoms with E-state index in [2.05, 4.69) is 15.0 Å². The van der Waals surface area contributed by atoms with E-state index in [0.29, 0.717) is 5.56 Å². The number of aryl methyl sites for hydroxylation is 1. The Morgan fingerprint density at radius 2 is 2.50 bits per heavy atom. The first-order valence-electron chi connectivity index (χ1n) is 5.82. The molecule has 0 aliphatic carbocycles. The first kappa shape index (κ1) is 14.3. The molecule has 0 spiro atoms. The molecular formula is C10H14N6O4. The molecule has 1 aromatic heterocycles. The quantitative estimate of drug-likeness (QED) is 0.381. The van der Waals surface area contributed by atoms with Crippen LogP contribution in [0.2, 0.25) is 0 Å². The predicted octanol–water partition coefficient (Wildman–Crippen LogP) is -0.587. The fraction of sp³-hybridized carbons (Fsp3) is 0.600. The maximum Gasteiger partial charge on any atom is 0.351 e. The SMILES string of the molecule is Cc1cn([C@H]2C[C@H](O)[C@](CO)(N=[N+]=[N-])O2)c(=O)nc1N. The van der Waals surface area contributed by atoms with Crippen molar-refractivity contribution in [1.29, 1.82) is 0 Å². The number of azide groups is 1. The van der Waals surface area contributed by atoms with Crippen molar-refractivity contribution in [3.8, 4) is 0 Å². The molecule has 0 saturated carbocycles. The van der Waals surface area contributed by atoms with Crippen molar-refractivity contribution >= 4 is 5.82 Å². The Balaban J connectivity index is 2.40. The highest BCUT2D eigenvalue weighted by Crippen LogP contribution is 2.37. The van der Waals surface area contributed by atoms with Crippen molar-refractivity contribution in [1.82, 2.24) is 9.55 Å². The minimum absolute atomic E-state index is 0.0233. The van der Waals surface area contributed by atoms with Crippen LogP contribution in [0.15, 0.2) is 16.1 Å². The number of aliphatic hydroxyl groups excluding tert-OH is 2. The fourth-order valence-electron chi connectivity index (χ4n) is 2.03. The Labute approximate surface area is 113 Å². The van der Waals surface area contributed by atoms with Crippen LogP contribution in [0.3, 0.4) is 0 Å². The first-order chi connectivity index (χ1) is 9.43. The number of ether oxygens (including phenoxy) is 1. The van der Waals surface area contributed by atoms with E-state index >= 15 is 0 Å². The lowest BCUT2D eigenvalue weighted by molar-refractivity contribution is -0.124. The molecule has 1 aliphatic heterocycles. The summed E-state index contributed by atoms with van der Waals surface area (Å²) in [5.41, 5.74) is 12.1. The van der Waals surface area contributed by atoms with Crippen LogP contribution >= 0.6 is 0 Å². The molecule has 1 fully saturated rings. The monoisotopic (exact) mass is 282 g/mol. The van der Waals surface area contributed by atoms with Crippen molar-refractivity contribution in [2.75, 3.05) is 12.3 Å². The van der Waals surface area contributed by atoms with Crippen LogP contribution in [-0.2, 0) is 4.74 Å². The normalized spacial score (nSPS) is 29.1. The van der Waals surface area contributed by atoms with Crippen LogP contribution in [-0.4, -0.2) is 38.2 Å². The summed E-state index contributed by atoms with van der Waals surface area (Å²) < 4.78 is 6.51. The van der Waals surface area contributed by atoms with Gasteiger partial charge in [0.15, 0.2) is 5.72 Å². The summed E-state index contributed by atoms with van der Waals surface area (Å²) in [6.45, 7) is 0.960. The van der Waals surface area contributed by atoms with Crippen molar-refractivity contribution in [3.63, 3.8) is 0 Å². The summed E-state index contributed by atoms with van der Waals surface area (Å²) in [4.78, 5) is 18.0. The van der Waals surface area contributed by atoms with E-state index in [1.165, 1.54) is 6.20 Å². The number of nitrogens with zero attached hydrogens (tertiary/aromatic N) is 5. The van der Waals surface area contributed by atoms with Gasteiger partial charge in [0.05, 0.1) is 12.7 Å². The molecule has 20 heavy (non-hydrogen) atoms.